The number of nitrogens with two attached hydrogens (primary N) is 1. The van der Waals surface area contributed by atoms with E-state index in [2.05, 4.69) is 44.0 Å². The molecule has 0 bridgehead atoms. The first-order valence-corrected chi connectivity index (χ1v) is 4.70. The number of benzene rings is 1. The maximum atomic E-state index is 5.64. The maximum Gasteiger partial charge on any atom is 0.0396 e. The second-order valence-corrected chi connectivity index (χ2v) is 3.28. The Hall–Kier alpha value is -1.02. The molecule has 2 nitrogen and oxygen atoms in total. The van der Waals surface area contributed by atoms with E-state index in [4.69, 9.17) is 5.73 Å². The van der Waals surface area contributed by atoms with Gasteiger partial charge in [0, 0.05) is 25.8 Å². The van der Waals surface area contributed by atoms with Crippen LogP contribution in [0.15, 0.2) is 18.2 Å². The van der Waals surface area contributed by atoms with Crippen LogP contribution in [0.4, 0.5) is 5.69 Å². The average Bonchev–Trinajstić information content (AvgIpc) is 2.17. The molecule has 0 fully saturated rings. The Kier molecular flexibility index (Phi) is 3.32. The van der Waals surface area contributed by atoms with E-state index in [1.54, 1.807) is 0 Å². The first-order valence-electron chi connectivity index (χ1n) is 4.70. The van der Waals surface area contributed by atoms with E-state index in [1.165, 1.54) is 16.8 Å². The molecule has 0 unspecified atom stereocenters. The molecule has 2 N–H and O–H groups in total. The number of nitrogens with zero attached hydrogens (tertiary/aromatic N) is 1. The van der Waals surface area contributed by atoms with E-state index in [0.717, 1.165) is 6.54 Å². The van der Waals surface area contributed by atoms with Crippen LogP contribution >= 0.6 is 0 Å². The molecule has 0 saturated carbocycles. The normalized spacial score (nSPS) is 10.2. The molecule has 1 rings (SSSR count). The highest BCUT2D eigenvalue weighted by atomic mass is 15.1. The molecule has 2 heteroatoms. The van der Waals surface area contributed by atoms with E-state index in [-0.39, 0.29) is 0 Å². The van der Waals surface area contributed by atoms with Crippen molar-refractivity contribution in [3.05, 3.63) is 29.3 Å². The molecule has 1 aromatic rings. The van der Waals surface area contributed by atoms with Gasteiger partial charge in [0.15, 0.2) is 0 Å². The molecule has 1 aromatic carbocycles. The first-order chi connectivity index (χ1) is 6.20. The van der Waals surface area contributed by atoms with Gasteiger partial charge in [-0.2, -0.15) is 0 Å². The molecule has 0 aliphatic rings. The van der Waals surface area contributed by atoms with Crippen LogP contribution in [0.1, 0.15) is 18.1 Å². The van der Waals surface area contributed by atoms with Crippen molar-refractivity contribution in [1.82, 2.24) is 0 Å². The summed E-state index contributed by atoms with van der Waals surface area (Å²) in [5.74, 6) is 0. The third-order valence-corrected chi connectivity index (χ3v) is 2.52. The standard InChI is InChI=1S/C11H18N2/c1-4-13(3)11-7-5-6-10(8-12)9(11)2/h5-7H,4,8,12H2,1-3H3. The van der Waals surface area contributed by atoms with Crippen molar-refractivity contribution >= 4 is 5.69 Å². The topological polar surface area (TPSA) is 29.3 Å². The third kappa shape index (κ3) is 2.01. The van der Waals surface area contributed by atoms with Crippen LogP contribution in [0.25, 0.3) is 0 Å². The summed E-state index contributed by atoms with van der Waals surface area (Å²) in [4.78, 5) is 2.23. The molecular weight excluding hydrogens is 160 g/mol. The smallest absolute Gasteiger partial charge is 0.0396 e. The van der Waals surface area contributed by atoms with E-state index < -0.39 is 0 Å². The summed E-state index contributed by atoms with van der Waals surface area (Å²) in [6.45, 7) is 5.92. The van der Waals surface area contributed by atoms with Gasteiger partial charge in [-0.15, -0.1) is 0 Å². The summed E-state index contributed by atoms with van der Waals surface area (Å²) in [7, 11) is 2.10. The molecule has 0 aromatic heterocycles. The summed E-state index contributed by atoms with van der Waals surface area (Å²) in [6.07, 6.45) is 0. The molecular formula is C11H18N2. The number of hydrogen-bond acceptors (Lipinski definition) is 2. The summed E-state index contributed by atoms with van der Waals surface area (Å²) < 4.78 is 0. The zero-order chi connectivity index (χ0) is 9.84. The lowest BCUT2D eigenvalue weighted by molar-refractivity contribution is 0.949. The van der Waals surface area contributed by atoms with E-state index >= 15 is 0 Å². The zero-order valence-electron chi connectivity index (χ0n) is 8.67. The van der Waals surface area contributed by atoms with Gasteiger partial charge in [0.05, 0.1) is 0 Å². The van der Waals surface area contributed by atoms with Gasteiger partial charge in [0.2, 0.25) is 0 Å². The van der Waals surface area contributed by atoms with Gasteiger partial charge in [0.25, 0.3) is 0 Å². The van der Waals surface area contributed by atoms with Crippen LogP contribution in [0.5, 0.6) is 0 Å². The SMILES string of the molecule is CCN(C)c1cccc(CN)c1C. The third-order valence-electron chi connectivity index (χ3n) is 2.52. The van der Waals surface area contributed by atoms with Crippen molar-refractivity contribution in [1.29, 1.82) is 0 Å². The second-order valence-electron chi connectivity index (χ2n) is 3.28. The Bertz CT molecular complexity index is 281. The van der Waals surface area contributed by atoms with E-state index in [0.29, 0.717) is 6.54 Å². The minimum atomic E-state index is 0.622. The molecule has 0 aliphatic heterocycles. The number of hydrogen-bond donors (Lipinski definition) is 1. The molecule has 13 heavy (non-hydrogen) atoms. The van der Waals surface area contributed by atoms with Crippen molar-refractivity contribution in [3.63, 3.8) is 0 Å². The largest absolute Gasteiger partial charge is 0.375 e. The van der Waals surface area contributed by atoms with Gasteiger partial charge >= 0.3 is 0 Å². The summed E-state index contributed by atoms with van der Waals surface area (Å²) in [5, 5.41) is 0. The lowest BCUT2D eigenvalue weighted by Gasteiger charge is -2.20. The van der Waals surface area contributed by atoms with Gasteiger partial charge < -0.3 is 10.6 Å². The summed E-state index contributed by atoms with van der Waals surface area (Å²) in [6, 6.07) is 6.29. The van der Waals surface area contributed by atoms with Crippen LogP contribution < -0.4 is 10.6 Å². The van der Waals surface area contributed by atoms with Gasteiger partial charge in [-0.25, -0.2) is 0 Å². The number of rotatable bonds is 3. The van der Waals surface area contributed by atoms with Crippen molar-refractivity contribution in [3.8, 4) is 0 Å². The quantitative estimate of drug-likeness (QED) is 0.766. The number of anilines is 1. The highest BCUT2D eigenvalue weighted by Crippen LogP contribution is 2.21. The summed E-state index contributed by atoms with van der Waals surface area (Å²) >= 11 is 0. The first kappa shape index (κ1) is 10.1. The lowest BCUT2D eigenvalue weighted by Crippen LogP contribution is -2.17. The predicted octanol–water partition coefficient (Wildman–Crippen LogP) is 1.91. The fourth-order valence-electron chi connectivity index (χ4n) is 1.47. The minimum Gasteiger partial charge on any atom is -0.375 e. The molecule has 0 saturated heterocycles. The Morgan fingerprint density at radius 3 is 2.62 bits per heavy atom. The van der Waals surface area contributed by atoms with Crippen molar-refractivity contribution in [2.24, 2.45) is 5.73 Å². The predicted molar refractivity (Wildman–Crippen MR) is 58.0 cm³/mol. The zero-order valence-corrected chi connectivity index (χ0v) is 8.67. The van der Waals surface area contributed by atoms with Gasteiger partial charge in [-0.3, -0.25) is 0 Å². The van der Waals surface area contributed by atoms with E-state index in [9.17, 15) is 0 Å². The van der Waals surface area contributed by atoms with Crippen LogP contribution in [0.3, 0.4) is 0 Å². The molecule has 72 valence electrons. The van der Waals surface area contributed by atoms with Gasteiger partial charge in [-0.05, 0) is 31.0 Å². The fraction of sp³-hybridized carbons (Fsp3) is 0.455. The van der Waals surface area contributed by atoms with Crippen LogP contribution in [-0.2, 0) is 6.54 Å². The Morgan fingerprint density at radius 1 is 1.38 bits per heavy atom. The van der Waals surface area contributed by atoms with E-state index in [1.807, 2.05) is 0 Å². The Balaban J connectivity index is 3.08. The monoisotopic (exact) mass is 178 g/mol. The molecule has 0 aliphatic carbocycles. The molecule has 0 radical (unpaired) electrons. The van der Waals surface area contributed by atoms with Crippen molar-refractivity contribution in [2.75, 3.05) is 18.5 Å². The Morgan fingerprint density at radius 2 is 2.08 bits per heavy atom. The van der Waals surface area contributed by atoms with Crippen molar-refractivity contribution < 1.29 is 0 Å². The van der Waals surface area contributed by atoms with Crippen LogP contribution in [0.2, 0.25) is 0 Å². The van der Waals surface area contributed by atoms with Gasteiger partial charge in [-0.1, -0.05) is 12.1 Å². The lowest BCUT2D eigenvalue weighted by atomic mass is 10.1. The molecule has 0 atom stereocenters. The van der Waals surface area contributed by atoms with Crippen molar-refractivity contribution in [2.45, 2.75) is 20.4 Å². The highest BCUT2D eigenvalue weighted by Gasteiger charge is 2.04. The minimum absolute atomic E-state index is 0.622. The fourth-order valence-corrected chi connectivity index (χ4v) is 1.47. The van der Waals surface area contributed by atoms with Crippen LogP contribution in [-0.4, -0.2) is 13.6 Å². The average molecular weight is 178 g/mol. The molecule has 0 heterocycles. The molecule has 0 amide bonds. The molecule has 0 spiro atoms. The highest BCUT2D eigenvalue weighted by molar-refractivity contribution is 5.55. The maximum absolute atomic E-state index is 5.64. The van der Waals surface area contributed by atoms with Gasteiger partial charge in [0.1, 0.15) is 0 Å². The summed E-state index contributed by atoms with van der Waals surface area (Å²) in [5.41, 5.74) is 9.46. The second kappa shape index (κ2) is 4.28. The Labute approximate surface area is 80.4 Å². The van der Waals surface area contributed by atoms with Crippen LogP contribution in [0, 0.1) is 6.92 Å².